The zero-order valence-corrected chi connectivity index (χ0v) is 27.8. The van der Waals surface area contributed by atoms with Gasteiger partial charge in [0.2, 0.25) is 23.5 Å². The van der Waals surface area contributed by atoms with E-state index in [9.17, 15) is 28.8 Å². The van der Waals surface area contributed by atoms with Gasteiger partial charge in [-0.2, -0.15) is 0 Å². The van der Waals surface area contributed by atoms with Crippen LogP contribution in [0.4, 0.5) is 4.79 Å². The predicted octanol–water partition coefficient (Wildman–Crippen LogP) is 1.95. The second kappa shape index (κ2) is 13.9. The van der Waals surface area contributed by atoms with E-state index in [4.69, 9.17) is 5.73 Å². The van der Waals surface area contributed by atoms with Gasteiger partial charge in [0.05, 0.1) is 6.04 Å². The minimum absolute atomic E-state index is 0.0150. The van der Waals surface area contributed by atoms with Crippen molar-refractivity contribution in [2.45, 2.75) is 118 Å². The number of carbonyl (C=O) groups excluding carboxylic acids is 6. The van der Waals surface area contributed by atoms with Crippen molar-refractivity contribution < 1.29 is 28.8 Å². The molecule has 12 heteroatoms. The van der Waals surface area contributed by atoms with Gasteiger partial charge in [0.15, 0.2) is 0 Å². The number of Topliss-reactive ketones (excluding diaryl/α,β-unsaturated/α-hetero) is 1. The molecule has 12 nitrogen and oxygen atoms in total. The van der Waals surface area contributed by atoms with Crippen LogP contribution in [0, 0.1) is 28.6 Å². The van der Waals surface area contributed by atoms with E-state index in [2.05, 4.69) is 16.0 Å². The fourth-order valence-corrected chi connectivity index (χ4v) is 6.09. The Morgan fingerprint density at radius 1 is 0.818 bits per heavy atom. The topological polar surface area (TPSA) is 171 Å². The molecule has 0 spiro atoms. The summed E-state index contributed by atoms with van der Waals surface area (Å²) in [4.78, 5) is 82.2. The second-order valence-corrected chi connectivity index (χ2v) is 15.5. The Morgan fingerprint density at radius 2 is 1.34 bits per heavy atom. The number of ketones is 1. The Kier molecular flexibility index (Phi) is 11.1. The van der Waals surface area contributed by atoms with Crippen LogP contribution in [0.1, 0.15) is 93.9 Å². The number of nitrogens with two attached hydrogens (primary N) is 1. The van der Waals surface area contributed by atoms with Crippen LogP contribution in [0.2, 0.25) is 0 Å². The van der Waals surface area contributed by atoms with Gasteiger partial charge in [-0.1, -0.05) is 68.2 Å². The molecule has 44 heavy (non-hydrogen) atoms. The number of urea groups is 1. The van der Waals surface area contributed by atoms with Crippen molar-refractivity contribution in [1.29, 1.82) is 0 Å². The maximum Gasteiger partial charge on any atom is 0.316 e. The van der Waals surface area contributed by atoms with Crippen LogP contribution in [0.15, 0.2) is 0 Å². The summed E-state index contributed by atoms with van der Waals surface area (Å²) in [6.07, 6.45) is 4.41. The molecular weight excluding hydrogens is 564 g/mol. The number of carbonyl (C=O) groups is 6. The summed E-state index contributed by atoms with van der Waals surface area (Å²) in [6.45, 7) is 16.8. The summed E-state index contributed by atoms with van der Waals surface area (Å²) in [6, 6.07) is -4.36. The Labute approximate surface area is 262 Å². The van der Waals surface area contributed by atoms with E-state index < -0.39 is 64.5 Å². The summed E-state index contributed by atoms with van der Waals surface area (Å²) in [5, 5.41) is 8.41. The van der Waals surface area contributed by atoms with Gasteiger partial charge >= 0.3 is 6.03 Å². The number of amides is 6. The summed E-state index contributed by atoms with van der Waals surface area (Å²) in [5.74, 6) is -2.59. The van der Waals surface area contributed by atoms with E-state index >= 15 is 0 Å². The fraction of sp³-hybridized carbons (Fsp3) is 0.812. The normalized spacial score (nSPS) is 22.8. The lowest BCUT2D eigenvalue weighted by molar-refractivity contribution is -0.143. The first-order valence-electron chi connectivity index (χ1n) is 16.1. The Hall–Kier alpha value is -3.18. The molecule has 3 rings (SSSR count). The fourth-order valence-electron chi connectivity index (χ4n) is 6.09. The van der Waals surface area contributed by atoms with Gasteiger partial charge in [0.1, 0.15) is 18.1 Å². The first-order chi connectivity index (χ1) is 20.3. The van der Waals surface area contributed by atoms with Crippen molar-refractivity contribution in [2.24, 2.45) is 34.3 Å². The highest BCUT2D eigenvalue weighted by atomic mass is 16.2. The van der Waals surface area contributed by atoms with Gasteiger partial charge in [-0.25, -0.2) is 4.79 Å². The summed E-state index contributed by atoms with van der Waals surface area (Å²) in [5.41, 5.74) is 3.97. The molecule has 248 valence electrons. The van der Waals surface area contributed by atoms with Crippen LogP contribution < -0.4 is 21.7 Å². The first kappa shape index (κ1) is 35.3. The molecule has 1 saturated carbocycles. The average molecular weight is 619 g/mol. The molecule has 2 saturated heterocycles. The van der Waals surface area contributed by atoms with Gasteiger partial charge in [-0.15, -0.1) is 0 Å². The number of hydrogen-bond donors (Lipinski definition) is 4. The van der Waals surface area contributed by atoms with Crippen molar-refractivity contribution in [2.75, 3.05) is 19.6 Å². The quantitative estimate of drug-likeness (QED) is 0.258. The molecule has 0 bridgehead atoms. The molecule has 1 unspecified atom stereocenters. The van der Waals surface area contributed by atoms with Crippen LogP contribution in [0.25, 0.3) is 0 Å². The number of nitrogens with one attached hydrogen (secondary N) is 3. The first-order valence-corrected chi connectivity index (χ1v) is 16.1. The van der Waals surface area contributed by atoms with Crippen LogP contribution >= 0.6 is 0 Å². The highest BCUT2D eigenvalue weighted by Gasteiger charge is 2.47. The van der Waals surface area contributed by atoms with Crippen LogP contribution in [-0.4, -0.2) is 89.0 Å². The van der Waals surface area contributed by atoms with E-state index in [1.165, 1.54) is 4.90 Å². The van der Waals surface area contributed by atoms with Gasteiger partial charge in [0, 0.05) is 19.6 Å². The van der Waals surface area contributed by atoms with E-state index in [1.54, 1.807) is 4.90 Å². The number of rotatable bonds is 11. The third-order valence-electron chi connectivity index (χ3n) is 9.20. The minimum atomic E-state index is -1.10. The molecular formula is C32H54N6O6. The summed E-state index contributed by atoms with van der Waals surface area (Å²) >= 11 is 0. The zero-order valence-electron chi connectivity index (χ0n) is 27.8. The number of primary amides is 1. The maximum atomic E-state index is 14.2. The minimum Gasteiger partial charge on any atom is -0.363 e. The zero-order chi connectivity index (χ0) is 33.1. The van der Waals surface area contributed by atoms with Gasteiger partial charge in [-0.3, -0.25) is 24.0 Å². The average Bonchev–Trinajstić information content (AvgIpc) is 3.37. The van der Waals surface area contributed by atoms with Gasteiger partial charge in [-0.05, 0) is 54.3 Å². The molecule has 5 N–H and O–H groups in total. The largest absolute Gasteiger partial charge is 0.363 e. The molecule has 0 aromatic heterocycles. The molecule has 6 amide bonds. The maximum absolute atomic E-state index is 14.2. The predicted molar refractivity (Wildman–Crippen MR) is 166 cm³/mol. The van der Waals surface area contributed by atoms with Gasteiger partial charge < -0.3 is 31.5 Å². The van der Waals surface area contributed by atoms with Gasteiger partial charge in [0.25, 0.3) is 5.91 Å². The van der Waals surface area contributed by atoms with Crippen LogP contribution in [0.3, 0.4) is 0 Å². The lowest BCUT2D eigenvalue weighted by Gasteiger charge is -2.37. The van der Waals surface area contributed by atoms with Crippen molar-refractivity contribution in [1.82, 2.24) is 25.8 Å². The molecule has 0 aromatic rings. The monoisotopic (exact) mass is 618 g/mol. The molecule has 3 aliphatic rings. The van der Waals surface area contributed by atoms with E-state index in [0.29, 0.717) is 32.5 Å². The molecule has 2 heterocycles. The highest BCUT2D eigenvalue weighted by Crippen LogP contribution is 2.35. The number of nitrogens with zero attached hydrogens (tertiary/aromatic N) is 2. The summed E-state index contributed by atoms with van der Waals surface area (Å²) in [7, 11) is 0. The Morgan fingerprint density at radius 3 is 1.80 bits per heavy atom. The molecule has 0 aromatic carbocycles. The third-order valence-corrected chi connectivity index (χ3v) is 9.20. The lowest BCUT2D eigenvalue weighted by atomic mass is 9.85. The number of likely N-dealkylation sites (tertiary alicyclic amines) is 2. The molecule has 2 aliphatic heterocycles. The van der Waals surface area contributed by atoms with Crippen LogP contribution in [-0.2, 0) is 24.0 Å². The lowest BCUT2D eigenvalue weighted by Crippen LogP contribution is -2.62. The van der Waals surface area contributed by atoms with E-state index in [0.717, 1.165) is 25.7 Å². The third kappa shape index (κ3) is 8.94. The van der Waals surface area contributed by atoms with Crippen LogP contribution in [0.5, 0.6) is 0 Å². The number of hydrogen-bond acceptors (Lipinski definition) is 6. The highest BCUT2D eigenvalue weighted by molar-refractivity contribution is 6.37. The van der Waals surface area contributed by atoms with Crippen molar-refractivity contribution in [3.05, 3.63) is 0 Å². The Bertz CT molecular complexity index is 1120. The molecule has 3 fully saturated rings. The molecule has 0 radical (unpaired) electrons. The molecule has 5 atom stereocenters. The van der Waals surface area contributed by atoms with E-state index in [1.807, 2.05) is 55.4 Å². The smallest absolute Gasteiger partial charge is 0.316 e. The van der Waals surface area contributed by atoms with E-state index in [-0.39, 0.29) is 23.7 Å². The second-order valence-electron chi connectivity index (χ2n) is 15.5. The van der Waals surface area contributed by atoms with Crippen molar-refractivity contribution >= 4 is 35.4 Å². The standard InChI is InChI=1S/C32H54N6O6/c1-18(2)20-16-22(27(41)34-21(15-19-11-12-19)23(39)26(33)40)38(17-20)29(43)25(32(6,7)8)36-30(44)35-24(31(3,4)5)28(42)37-13-9-10-14-37/h18-22,24-25H,9-17H2,1-8H3,(H2,33,40)(H,34,41)(H2,35,36,44)/t20-,21?,22+,24-,25-/m1/s1. The molecule has 1 aliphatic carbocycles. The SMILES string of the molecule is CC(C)[C@@H]1C[C@@H](C(=O)NC(CC2CC2)C(=O)C(N)=O)N(C(=O)[C@@H](NC(=O)N[C@H](C(=O)N2CCCC2)C(C)(C)C)C(C)(C)C)C1. The van der Waals surface area contributed by atoms with Crippen molar-refractivity contribution in [3.63, 3.8) is 0 Å². The van der Waals surface area contributed by atoms with Crippen molar-refractivity contribution in [3.8, 4) is 0 Å². The summed E-state index contributed by atoms with van der Waals surface area (Å²) < 4.78 is 0. The Balaban J connectivity index is 1.82.